The van der Waals surface area contributed by atoms with E-state index in [2.05, 4.69) is 0 Å². The molecule has 4 rings (SSSR count). The number of ether oxygens (including phenoxy) is 1. The molecule has 0 bridgehead atoms. The van der Waals surface area contributed by atoms with Crippen molar-refractivity contribution >= 4 is 0 Å². The second kappa shape index (κ2) is 10.7. The van der Waals surface area contributed by atoms with Gasteiger partial charge in [0, 0.05) is 18.1 Å². The van der Waals surface area contributed by atoms with Gasteiger partial charge in [-0.3, -0.25) is 0 Å². The fourth-order valence-corrected chi connectivity index (χ4v) is 4.19. The van der Waals surface area contributed by atoms with E-state index in [0.717, 1.165) is 16.7 Å². The van der Waals surface area contributed by atoms with Gasteiger partial charge in [-0.1, -0.05) is 54.6 Å². The fourth-order valence-electron chi connectivity index (χ4n) is 4.19. The van der Waals surface area contributed by atoms with E-state index in [1.807, 2.05) is 37.3 Å². The van der Waals surface area contributed by atoms with Crippen LogP contribution in [0.15, 0.2) is 90.0 Å². The number of hydrogen-bond acceptors (Lipinski definition) is 2. The summed E-state index contributed by atoms with van der Waals surface area (Å²) in [5.41, 5.74) is 4.03. The molecule has 0 aliphatic heterocycles. The van der Waals surface area contributed by atoms with E-state index >= 15 is 0 Å². The van der Waals surface area contributed by atoms with Gasteiger partial charge in [-0.05, 0) is 72.2 Å². The van der Waals surface area contributed by atoms with Gasteiger partial charge in [-0.25, -0.2) is 13.2 Å². The van der Waals surface area contributed by atoms with Crippen LogP contribution in [0.5, 0.6) is 5.75 Å². The van der Waals surface area contributed by atoms with Crippen molar-refractivity contribution in [2.75, 3.05) is 6.61 Å². The normalized spacial score (nSPS) is 16.0. The van der Waals surface area contributed by atoms with Gasteiger partial charge in [0.1, 0.15) is 17.4 Å². The zero-order valence-corrected chi connectivity index (χ0v) is 19.0. The SMILES string of the molecule is CCOCc1ccc(-c2ccc(CCC3=CCC(c4ccc(O)cc4)C(F)=C3F)cc2)c(F)c1. The van der Waals surface area contributed by atoms with Crippen molar-refractivity contribution in [1.82, 2.24) is 0 Å². The maximum atomic E-state index is 14.7. The summed E-state index contributed by atoms with van der Waals surface area (Å²) in [4.78, 5) is 0. The number of allylic oxidation sites excluding steroid dienone is 4. The molecular weight excluding hydrogens is 437 g/mol. The lowest BCUT2D eigenvalue weighted by atomic mass is 9.87. The van der Waals surface area contributed by atoms with Crippen LogP contribution in [0.25, 0.3) is 11.1 Å². The van der Waals surface area contributed by atoms with E-state index in [4.69, 9.17) is 4.74 Å². The lowest BCUT2D eigenvalue weighted by Crippen LogP contribution is -2.07. The molecule has 3 aromatic rings. The van der Waals surface area contributed by atoms with Crippen LogP contribution in [0.1, 0.15) is 42.4 Å². The molecule has 1 unspecified atom stereocenters. The molecule has 0 spiro atoms. The molecule has 0 aromatic heterocycles. The molecule has 0 fully saturated rings. The third-order valence-electron chi connectivity index (χ3n) is 6.15. The van der Waals surface area contributed by atoms with Crippen molar-refractivity contribution in [3.63, 3.8) is 0 Å². The van der Waals surface area contributed by atoms with Crippen LogP contribution in [0.3, 0.4) is 0 Å². The topological polar surface area (TPSA) is 29.5 Å². The molecule has 1 atom stereocenters. The monoisotopic (exact) mass is 464 g/mol. The third kappa shape index (κ3) is 5.42. The minimum atomic E-state index is -0.796. The van der Waals surface area contributed by atoms with Crippen molar-refractivity contribution in [2.24, 2.45) is 0 Å². The lowest BCUT2D eigenvalue weighted by Gasteiger charge is -2.21. The molecule has 0 radical (unpaired) electrons. The summed E-state index contributed by atoms with van der Waals surface area (Å²) in [5.74, 6) is -2.44. The minimum Gasteiger partial charge on any atom is -0.508 e. The Labute approximate surface area is 198 Å². The maximum absolute atomic E-state index is 14.7. The van der Waals surface area contributed by atoms with Crippen LogP contribution in [-0.4, -0.2) is 11.7 Å². The number of halogens is 3. The molecule has 1 aliphatic rings. The molecule has 0 heterocycles. The molecular formula is C29H27F3O2. The molecule has 0 amide bonds. The minimum absolute atomic E-state index is 0.0907. The predicted molar refractivity (Wildman–Crippen MR) is 128 cm³/mol. The van der Waals surface area contributed by atoms with Crippen LogP contribution < -0.4 is 0 Å². The van der Waals surface area contributed by atoms with Gasteiger partial charge in [-0.2, -0.15) is 0 Å². The number of phenols is 1. The van der Waals surface area contributed by atoms with Gasteiger partial charge in [-0.15, -0.1) is 0 Å². The Balaban J connectivity index is 1.39. The summed E-state index contributed by atoms with van der Waals surface area (Å²) in [7, 11) is 0. The Morgan fingerprint density at radius 3 is 2.26 bits per heavy atom. The van der Waals surface area contributed by atoms with Crippen molar-refractivity contribution in [1.29, 1.82) is 0 Å². The smallest absolute Gasteiger partial charge is 0.158 e. The fraction of sp³-hybridized carbons (Fsp3) is 0.241. The zero-order chi connectivity index (χ0) is 24.1. The van der Waals surface area contributed by atoms with Crippen molar-refractivity contribution in [3.05, 3.63) is 113 Å². The summed E-state index contributed by atoms with van der Waals surface area (Å²) < 4.78 is 49.3. The summed E-state index contributed by atoms with van der Waals surface area (Å²) >= 11 is 0. The molecule has 2 nitrogen and oxygen atoms in total. The highest BCUT2D eigenvalue weighted by Crippen LogP contribution is 2.40. The van der Waals surface area contributed by atoms with Gasteiger partial charge < -0.3 is 9.84 Å². The zero-order valence-electron chi connectivity index (χ0n) is 19.0. The Morgan fingerprint density at radius 2 is 1.59 bits per heavy atom. The van der Waals surface area contributed by atoms with Crippen LogP contribution in [0.4, 0.5) is 13.2 Å². The van der Waals surface area contributed by atoms with E-state index in [9.17, 15) is 18.3 Å². The first kappa shape index (κ1) is 23.8. The van der Waals surface area contributed by atoms with E-state index in [0.29, 0.717) is 49.2 Å². The van der Waals surface area contributed by atoms with Crippen LogP contribution in [0, 0.1) is 5.82 Å². The van der Waals surface area contributed by atoms with Gasteiger partial charge in [0.15, 0.2) is 5.83 Å². The van der Waals surface area contributed by atoms with Crippen LogP contribution in [0.2, 0.25) is 0 Å². The van der Waals surface area contributed by atoms with Gasteiger partial charge in [0.2, 0.25) is 0 Å². The van der Waals surface area contributed by atoms with E-state index in [1.165, 1.54) is 18.2 Å². The number of rotatable bonds is 8. The Kier molecular flexibility index (Phi) is 7.53. The average Bonchev–Trinajstić information content (AvgIpc) is 2.85. The molecule has 0 saturated carbocycles. The first-order chi connectivity index (χ1) is 16.5. The van der Waals surface area contributed by atoms with Gasteiger partial charge in [0.25, 0.3) is 0 Å². The van der Waals surface area contributed by atoms with Crippen molar-refractivity contribution < 1.29 is 23.0 Å². The number of benzene rings is 3. The summed E-state index contributed by atoms with van der Waals surface area (Å²) in [5, 5.41) is 9.41. The molecule has 176 valence electrons. The number of aryl methyl sites for hydroxylation is 1. The van der Waals surface area contributed by atoms with Crippen molar-refractivity contribution in [3.8, 4) is 16.9 Å². The quantitative estimate of drug-likeness (QED) is 0.367. The summed E-state index contributed by atoms with van der Waals surface area (Å²) in [6.07, 6.45) is 3.05. The highest BCUT2D eigenvalue weighted by molar-refractivity contribution is 5.64. The standard InChI is InChI=1S/C29H27F3O2/c1-2-34-18-20-6-15-25(27(30)17-20)21-7-3-19(4-8-21)5-9-23-12-16-26(29(32)28(23)31)22-10-13-24(33)14-11-22/h3-4,6-8,10-15,17,26,33H,2,5,9,16,18H2,1H3. The van der Waals surface area contributed by atoms with E-state index < -0.39 is 17.6 Å². The van der Waals surface area contributed by atoms with Crippen LogP contribution in [-0.2, 0) is 17.8 Å². The average molecular weight is 465 g/mol. The van der Waals surface area contributed by atoms with E-state index in [1.54, 1.807) is 24.3 Å². The molecule has 1 aliphatic carbocycles. The first-order valence-electron chi connectivity index (χ1n) is 11.4. The molecule has 34 heavy (non-hydrogen) atoms. The molecule has 0 saturated heterocycles. The lowest BCUT2D eigenvalue weighted by molar-refractivity contribution is 0.134. The first-order valence-corrected chi connectivity index (χ1v) is 11.4. The second-order valence-electron chi connectivity index (χ2n) is 8.42. The molecule has 1 N–H and O–H groups in total. The number of phenolic OH excluding ortho intramolecular Hbond substituents is 1. The Morgan fingerprint density at radius 1 is 0.882 bits per heavy atom. The second-order valence-corrected chi connectivity index (χ2v) is 8.42. The molecule has 3 aromatic carbocycles. The van der Waals surface area contributed by atoms with Gasteiger partial charge in [0.05, 0.1) is 6.61 Å². The largest absolute Gasteiger partial charge is 0.508 e. The van der Waals surface area contributed by atoms with E-state index in [-0.39, 0.29) is 11.6 Å². The summed E-state index contributed by atoms with van der Waals surface area (Å²) in [6.45, 7) is 2.85. The number of hydrogen-bond donors (Lipinski definition) is 1. The highest BCUT2D eigenvalue weighted by atomic mass is 19.2. The maximum Gasteiger partial charge on any atom is 0.158 e. The van der Waals surface area contributed by atoms with Gasteiger partial charge >= 0.3 is 0 Å². The Bertz CT molecular complexity index is 1200. The third-order valence-corrected chi connectivity index (χ3v) is 6.15. The van der Waals surface area contributed by atoms with Crippen molar-refractivity contribution in [2.45, 2.75) is 38.7 Å². The highest BCUT2D eigenvalue weighted by Gasteiger charge is 2.26. The number of aromatic hydroxyl groups is 1. The molecule has 5 heteroatoms. The van der Waals surface area contributed by atoms with Crippen LogP contribution >= 0.6 is 0 Å². The predicted octanol–water partition coefficient (Wildman–Crippen LogP) is 7.93. The summed E-state index contributed by atoms with van der Waals surface area (Å²) in [6, 6.07) is 18.8. The Hall–Kier alpha value is -3.31.